The third kappa shape index (κ3) is 4.51. The molecule has 0 spiro atoms. The average molecular weight is 260 g/mol. The fourth-order valence-corrected chi connectivity index (χ4v) is 2.41. The van der Waals surface area contributed by atoms with Crippen molar-refractivity contribution in [1.29, 1.82) is 0 Å². The quantitative estimate of drug-likeness (QED) is 0.786. The number of aromatic nitrogens is 1. The van der Waals surface area contributed by atoms with E-state index in [0.717, 1.165) is 17.9 Å². The summed E-state index contributed by atoms with van der Waals surface area (Å²) in [5.74, 6) is 0.178. The number of nitrogens with zero attached hydrogens (tertiary/aromatic N) is 1. The first-order chi connectivity index (χ1) is 7.63. The lowest BCUT2D eigenvalue weighted by atomic mass is 10.2. The maximum Gasteiger partial charge on any atom is 0.365 e. The number of nitrogens with one attached hydrogen (secondary N) is 1. The van der Waals surface area contributed by atoms with Gasteiger partial charge >= 0.3 is 5.97 Å². The van der Waals surface area contributed by atoms with Gasteiger partial charge in [0.05, 0.1) is 5.69 Å². The molecule has 0 aliphatic heterocycles. The molecule has 0 amide bonds. The normalized spacial score (nSPS) is 12.6. The van der Waals surface area contributed by atoms with E-state index in [1.165, 1.54) is 11.3 Å². The molecular formula is C10H16N2O2S2. The first kappa shape index (κ1) is 13.5. The zero-order valence-electron chi connectivity index (χ0n) is 9.40. The van der Waals surface area contributed by atoms with E-state index >= 15 is 0 Å². The summed E-state index contributed by atoms with van der Waals surface area (Å²) in [5.41, 5.74) is 0.804. The Morgan fingerprint density at radius 2 is 2.50 bits per heavy atom. The van der Waals surface area contributed by atoms with Crippen molar-refractivity contribution in [1.82, 2.24) is 10.3 Å². The zero-order chi connectivity index (χ0) is 12.0. The van der Waals surface area contributed by atoms with E-state index in [4.69, 9.17) is 5.11 Å². The second-order valence-electron chi connectivity index (χ2n) is 3.51. The summed E-state index contributed by atoms with van der Waals surface area (Å²) in [6, 6.07) is 0.433. The standard InChI is InChI=1S/C10H16N2O2S2/c1-7(3-4-15-2)11-5-8-6-16-9(12-8)10(13)14/h6-7,11H,3-5H2,1-2H3,(H,13,14). The Bertz CT molecular complexity index is 341. The van der Waals surface area contributed by atoms with E-state index in [9.17, 15) is 4.79 Å². The minimum Gasteiger partial charge on any atom is -0.476 e. The van der Waals surface area contributed by atoms with Gasteiger partial charge in [-0.1, -0.05) is 0 Å². The van der Waals surface area contributed by atoms with Gasteiger partial charge in [0.1, 0.15) is 0 Å². The lowest BCUT2D eigenvalue weighted by molar-refractivity contribution is 0.0696. The van der Waals surface area contributed by atoms with Crippen LogP contribution in [0.25, 0.3) is 0 Å². The molecule has 6 heteroatoms. The Hall–Kier alpha value is -0.590. The molecular weight excluding hydrogens is 244 g/mol. The van der Waals surface area contributed by atoms with E-state index in [1.807, 2.05) is 11.8 Å². The van der Waals surface area contributed by atoms with Crippen LogP contribution in [0, 0.1) is 0 Å². The molecule has 1 aromatic rings. The molecule has 16 heavy (non-hydrogen) atoms. The van der Waals surface area contributed by atoms with Gasteiger partial charge < -0.3 is 10.4 Å². The van der Waals surface area contributed by atoms with Crippen molar-refractivity contribution in [3.05, 3.63) is 16.1 Å². The smallest absolute Gasteiger partial charge is 0.365 e. The number of thiazole rings is 1. The van der Waals surface area contributed by atoms with Gasteiger partial charge in [0, 0.05) is 18.0 Å². The number of carboxylic acids is 1. The van der Waals surface area contributed by atoms with Crippen LogP contribution in [-0.2, 0) is 6.54 Å². The van der Waals surface area contributed by atoms with Gasteiger partial charge in [-0.05, 0) is 25.4 Å². The topological polar surface area (TPSA) is 62.2 Å². The highest BCUT2D eigenvalue weighted by molar-refractivity contribution is 7.98. The molecule has 0 aliphatic carbocycles. The van der Waals surface area contributed by atoms with Crippen LogP contribution in [0.5, 0.6) is 0 Å². The van der Waals surface area contributed by atoms with Crippen LogP contribution in [0.3, 0.4) is 0 Å². The molecule has 0 fully saturated rings. The van der Waals surface area contributed by atoms with E-state index in [0.29, 0.717) is 12.6 Å². The minimum atomic E-state index is -0.952. The van der Waals surface area contributed by atoms with E-state index in [1.54, 1.807) is 5.38 Å². The largest absolute Gasteiger partial charge is 0.476 e. The van der Waals surface area contributed by atoms with E-state index in [-0.39, 0.29) is 5.01 Å². The van der Waals surface area contributed by atoms with Crippen molar-refractivity contribution < 1.29 is 9.90 Å². The van der Waals surface area contributed by atoms with Gasteiger partial charge in [-0.2, -0.15) is 11.8 Å². The lowest BCUT2D eigenvalue weighted by Crippen LogP contribution is -2.26. The van der Waals surface area contributed by atoms with Gasteiger partial charge in [-0.3, -0.25) is 0 Å². The van der Waals surface area contributed by atoms with Crippen molar-refractivity contribution in [2.75, 3.05) is 12.0 Å². The molecule has 0 aliphatic rings. The summed E-state index contributed by atoms with van der Waals surface area (Å²) in [7, 11) is 0. The highest BCUT2D eigenvalue weighted by Crippen LogP contribution is 2.10. The van der Waals surface area contributed by atoms with Crippen LogP contribution >= 0.6 is 23.1 Å². The van der Waals surface area contributed by atoms with Gasteiger partial charge in [0.2, 0.25) is 5.01 Å². The number of carbonyl (C=O) groups is 1. The fourth-order valence-electron chi connectivity index (χ4n) is 1.16. The Morgan fingerprint density at radius 3 is 3.06 bits per heavy atom. The molecule has 1 heterocycles. The highest BCUT2D eigenvalue weighted by atomic mass is 32.2. The molecule has 4 nitrogen and oxygen atoms in total. The third-order valence-electron chi connectivity index (χ3n) is 2.12. The second kappa shape index (κ2) is 6.88. The van der Waals surface area contributed by atoms with Gasteiger partial charge in [0.15, 0.2) is 0 Å². The van der Waals surface area contributed by atoms with E-state index < -0.39 is 5.97 Å². The number of rotatable bonds is 7. The van der Waals surface area contributed by atoms with Crippen LogP contribution < -0.4 is 5.32 Å². The molecule has 1 atom stereocenters. The van der Waals surface area contributed by atoms with Crippen LogP contribution in [0.1, 0.15) is 28.8 Å². The minimum absolute atomic E-state index is 0.161. The first-order valence-electron chi connectivity index (χ1n) is 5.03. The van der Waals surface area contributed by atoms with Crippen LogP contribution in [-0.4, -0.2) is 34.1 Å². The molecule has 1 unspecified atom stereocenters. The molecule has 2 N–H and O–H groups in total. The molecule has 0 saturated carbocycles. The summed E-state index contributed by atoms with van der Waals surface area (Å²) in [4.78, 5) is 14.6. The second-order valence-corrected chi connectivity index (χ2v) is 5.36. The van der Waals surface area contributed by atoms with Crippen LogP contribution in [0.15, 0.2) is 5.38 Å². The highest BCUT2D eigenvalue weighted by Gasteiger charge is 2.09. The maximum absolute atomic E-state index is 10.6. The summed E-state index contributed by atoms with van der Waals surface area (Å²) in [6.07, 6.45) is 3.20. The maximum atomic E-state index is 10.6. The van der Waals surface area contributed by atoms with Gasteiger partial charge in [-0.15, -0.1) is 11.3 Å². The average Bonchev–Trinajstić information content (AvgIpc) is 2.72. The van der Waals surface area contributed by atoms with Crippen molar-refractivity contribution in [3.8, 4) is 0 Å². The Balaban J connectivity index is 2.33. The fraction of sp³-hybridized carbons (Fsp3) is 0.600. The molecule has 0 bridgehead atoms. The number of aromatic carboxylic acids is 1. The lowest BCUT2D eigenvalue weighted by Gasteiger charge is -2.11. The molecule has 1 aromatic heterocycles. The van der Waals surface area contributed by atoms with Crippen molar-refractivity contribution in [2.24, 2.45) is 0 Å². The Kier molecular flexibility index (Phi) is 5.79. The van der Waals surface area contributed by atoms with Crippen LogP contribution in [0.2, 0.25) is 0 Å². The predicted octanol–water partition coefficient (Wildman–Crippen LogP) is 2.07. The SMILES string of the molecule is CSCCC(C)NCc1csc(C(=O)O)n1. The predicted molar refractivity (Wildman–Crippen MR) is 68.4 cm³/mol. The number of hydrogen-bond donors (Lipinski definition) is 2. The number of carboxylic acid groups (broad SMARTS) is 1. The zero-order valence-corrected chi connectivity index (χ0v) is 11.0. The van der Waals surface area contributed by atoms with Crippen molar-refractivity contribution >= 4 is 29.1 Å². The molecule has 90 valence electrons. The Morgan fingerprint density at radius 1 is 1.75 bits per heavy atom. The van der Waals surface area contributed by atoms with Gasteiger partial charge in [0.25, 0.3) is 0 Å². The summed E-state index contributed by atoms with van der Waals surface area (Å²) < 4.78 is 0. The molecule has 0 aromatic carbocycles. The first-order valence-corrected chi connectivity index (χ1v) is 7.31. The summed E-state index contributed by atoms with van der Waals surface area (Å²) in [6.45, 7) is 2.76. The monoisotopic (exact) mass is 260 g/mol. The van der Waals surface area contributed by atoms with Crippen molar-refractivity contribution in [3.63, 3.8) is 0 Å². The third-order valence-corrected chi connectivity index (χ3v) is 3.64. The molecule has 0 radical (unpaired) electrons. The van der Waals surface area contributed by atoms with Crippen LogP contribution in [0.4, 0.5) is 0 Å². The van der Waals surface area contributed by atoms with Gasteiger partial charge in [-0.25, -0.2) is 9.78 Å². The molecule has 0 saturated heterocycles. The van der Waals surface area contributed by atoms with Crippen molar-refractivity contribution in [2.45, 2.75) is 25.9 Å². The summed E-state index contributed by atoms with van der Waals surface area (Å²) >= 11 is 3.00. The Labute approximate surface area is 103 Å². The number of thioether (sulfide) groups is 1. The van der Waals surface area contributed by atoms with E-state index in [2.05, 4.69) is 23.5 Å². The summed E-state index contributed by atoms with van der Waals surface area (Å²) in [5, 5.41) is 14.0. The number of hydrogen-bond acceptors (Lipinski definition) is 5. The molecule has 1 rings (SSSR count).